The molecule has 0 saturated heterocycles. The summed E-state index contributed by atoms with van der Waals surface area (Å²) in [6.07, 6.45) is 13.8. The van der Waals surface area contributed by atoms with Gasteiger partial charge in [-0.1, -0.05) is 146 Å². The average molecular weight is 788 g/mol. The smallest absolute Gasteiger partial charge is 0.160 e. The molecule has 2 aliphatic carbocycles. The Labute approximate surface area is 354 Å². The summed E-state index contributed by atoms with van der Waals surface area (Å²) in [5.41, 5.74) is 12.5. The highest BCUT2D eigenvalue weighted by Gasteiger charge is 2.31. The van der Waals surface area contributed by atoms with Crippen molar-refractivity contribution in [3.63, 3.8) is 0 Å². The van der Waals surface area contributed by atoms with Crippen LogP contribution in [-0.2, 0) is 6.54 Å². The lowest BCUT2D eigenvalue weighted by Gasteiger charge is -2.16. The van der Waals surface area contributed by atoms with Gasteiger partial charge in [0.2, 0.25) is 0 Å². The molecule has 0 fully saturated rings. The number of ether oxygens (including phenoxy) is 1. The maximum absolute atomic E-state index is 6.92. The number of allylic oxidation sites excluding steroid dienone is 6. The van der Waals surface area contributed by atoms with Gasteiger partial charge in [0.25, 0.3) is 0 Å². The summed E-state index contributed by atoms with van der Waals surface area (Å²) in [7, 11) is 0. The van der Waals surface area contributed by atoms with E-state index in [9.17, 15) is 0 Å². The van der Waals surface area contributed by atoms with Crippen LogP contribution in [0.3, 0.4) is 0 Å². The molecule has 0 bridgehead atoms. The van der Waals surface area contributed by atoms with Gasteiger partial charge in [-0.2, -0.15) is 0 Å². The van der Waals surface area contributed by atoms with Gasteiger partial charge in [0, 0.05) is 44.3 Å². The van der Waals surface area contributed by atoms with Crippen molar-refractivity contribution in [2.75, 3.05) is 0 Å². The molecule has 5 nitrogen and oxygen atoms in total. The highest BCUT2D eigenvalue weighted by Crippen LogP contribution is 2.46. The minimum Gasteiger partial charge on any atom is -0.461 e. The van der Waals surface area contributed by atoms with Gasteiger partial charge in [-0.05, 0) is 101 Å². The Morgan fingerprint density at radius 2 is 1.46 bits per heavy atom. The lowest BCUT2D eigenvalue weighted by molar-refractivity contribution is 0.426. The van der Waals surface area contributed by atoms with Crippen molar-refractivity contribution < 1.29 is 9.15 Å². The average Bonchev–Trinajstić information content (AvgIpc) is 3.90. The molecule has 2 heterocycles. The van der Waals surface area contributed by atoms with E-state index in [1.807, 2.05) is 12.1 Å². The Morgan fingerprint density at radius 3 is 2.33 bits per heavy atom. The summed E-state index contributed by atoms with van der Waals surface area (Å²) in [6, 6.07) is 53.3. The fourth-order valence-corrected chi connectivity index (χ4v) is 8.92. The van der Waals surface area contributed by atoms with Crippen LogP contribution in [0.15, 0.2) is 213 Å². The van der Waals surface area contributed by atoms with E-state index in [0.29, 0.717) is 18.2 Å². The third-order valence-electron chi connectivity index (χ3n) is 12.1. The summed E-state index contributed by atoms with van der Waals surface area (Å²) in [4.78, 5) is 15.0. The highest BCUT2D eigenvalue weighted by atomic mass is 16.5. The molecule has 0 amide bonds. The first-order valence-corrected chi connectivity index (χ1v) is 21.0. The normalized spacial score (nSPS) is 16.2. The number of fused-ring (bicyclic) bond motifs is 8. The molecule has 1 aromatic heterocycles. The van der Waals surface area contributed by atoms with Gasteiger partial charge < -0.3 is 9.15 Å². The molecule has 8 aromatic rings. The molecule has 1 atom stereocenters. The van der Waals surface area contributed by atoms with E-state index in [1.54, 1.807) is 0 Å². The van der Waals surface area contributed by atoms with E-state index >= 15 is 0 Å². The zero-order valence-corrected chi connectivity index (χ0v) is 33.6. The number of aliphatic imine (C=N–C) groups is 3. The highest BCUT2D eigenvalue weighted by molar-refractivity contribution is 6.20. The first kappa shape index (κ1) is 36.4. The number of hydrogen-bond acceptors (Lipinski definition) is 3. The third kappa shape index (κ3) is 6.84. The van der Waals surface area contributed by atoms with Crippen LogP contribution in [0.1, 0.15) is 47.4 Å². The number of nitrogens with zero attached hydrogens (tertiary/aromatic N) is 3. The van der Waals surface area contributed by atoms with Crippen LogP contribution < -0.4 is 4.74 Å². The minimum atomic E-state index is 0.286. The minimum absolute atomic E-state index is 0.286. The van der Waals surface area contributed by atoms with Crippen molar-refractivity contribution in [3.05, 3.63) is 216 Å². The second-order valence-corrected chi connectivity index (χ2v) is 15.8. The van der Waals surface area contributed by atoms with E-state index in [0.717, 1.165) is 108 Å². The van der Waals surface area contributed by atoms with Gasteiger partial charge in [-0.25, -0.2) is 9.98 Å². The Kier molecular flexibility index (Phi) is 9.27. The quantitative estimate of drug-likeness (QED) is 0.119. The van der Waals surface area contributed by atoms with E-state index in [1.165, 1.54) is 11.1 Å². The number of amidine groups is 2. The summed E-state index contributed by atoms with van der Waals surface area (Å²) in [5.74, 6) is 3.40. The monoisotopic (exact) mass is 787 g/mol. The van der Waals surface area contributed by atoms with Crippen molar-refractivity contribution in [3.8, 4) is 28.0 Å². The molecule has 61 heavy (non-hydrogen) atoms. The lowest BCUT2D eigenvalue weighted by atomic mass is 9.88. The molecule has 3 aliphatic rings. The topological polar surface area (TPSA) is 59.5 Å². The van der Waals surface area contributed by atoms with Crippen molar-refractivity contribution in [1.82, 2.24) is 0 Å². The van der Waals surface area contributed by atoms with Gasteiger partial charge in [-0.15, -0.1) is 0 Å². The predicted octanol–water partition coefficient (Wildman–Crippen LogP) is 14.2. The van der Waals surface area contributed by atoms with E-state index in [4.69, 9.17) is 19.1 Å². The molecular weight excluding hydrogens is 747 g/mol. The molecule has 11 rings (SSSR count). The molecule has 5 heteroatoms. The Hall–Kier alpha value is -7.63. The second kappa shape index (κ2) is 15.5. The molecular formula is C56H41N3O2. The van der Waals surface area contributed by atoms with Gasteiger partial charge in [0.15, 0.2) is 11.7 Å². The van der Waals surface area contributed by atoms with Crippen LogP contribution >= 0.6 is 0 Å². The molecule has 292 valence electrons. The van der Waals surface area contributed by atoms with E-state index in [2.05, 4.69) is 182 Å². The van der Waals surface area contributed by atoms with Crippen molar-refractivity contribution in [2.24, 2.45) is 15.0 Å². The Balaban J connectivity index is 1.03. The molecule has 0 saturated carbocycles. The fraction of sp³-hybridized carbons (Fsp3) is 0.0893. The van der Waals surface area contributed by atoms with Gasteiger partial charge >= 0.3 is 0 Å². The Morgan fingerprint density at radius 1 is 0.639 bits per heavy atom. The molecule has 0 spiro atoms. The van der Waals surface area contributed by atoms with Crippen LogP contribution in [0.25, 0.3) is 60.5 Å². The Bertz CT molecular complexity index is 3230. The first-order valence-electron chi connectivity index (χ1n) is 21.0. The number of furan rings is 1. The zero-order chi connectivity index (χ0) is 40.7. The summed E-state index contributed by atoms with van der Waals surface area (Å²) < 4.78 is 13.2. The largest absolute Gasteiger partial charge is 0.461 e. The zero-order valence-electron chi connectivity index (χ0n) is 33.6. The molecule has 1 aliphatic heterocycles. The number of rotatable bonds is 7. The van der Waals surface area contributed by atoms with Crippen LogP contribution in [0.5, 0.6) is 5.75 Å². The van der Waals surface area contributed by atoms with Crippen LogP contribution in [0.4, 0.5) is 0 Å². The first-order chi connectivity index (χ1) is 30.2. The fourth-order valence-electron chi connectivity index (χ4n) is 8.92. The van der Waals surface area contributed by atoms with Crippen LogP contribution in [0.2, 0.25) is 0 Å². The SMILES string of the molecule is C=N/C(=N\C(=N/Cc1ccc(C2=CCC3C(=C2)Oc2ccccc23)cc1)c1cc(-c2cccc(-c3ccccc3)c2)c2oc3c4ccccc4ccc3c2c1)C1=CCCC=C1. The third-order valence-corrected chi connectivity index (χ3v) is 12.1. The standard InChI is InChI=1S/C56H41N3O2/c1-57-55(40-16-6-3-7-17-40)59-56(58-35-36-23-25-38(26-24-36)42-28-29-47-46-21-10-11-22-51(46)60-52(47)34-42)44-32-49(43-19-12-18-41(31-43)37-13-4-2-5-14-37)54-50(33-44)48-30-27-39-15-8-9-20-45(39)53(48)61-54/h2,4-6,8-28,30-34,47H,1,3,7,29,35H2/b58-56-,59-55-. The van der Waals surface area contributed by atoms with Crippen molar-refractivity contribution in [2.45, 2.75) is 31.7 Å². The van der Waals surface area contributed by atoms with Crippen LogP contribution in [0, 0.1) is 0 Å². The number of hydrogen-bond donors (Lipinski definition) is 0. The van der Waals surface area contributed by atoms with Gasteiger partial charge in [-0.3, -0.25) is 4.99 Å². The molecule has 0 radical (unpaired) electrons. The van der Waals surface area contributed by atoms with E-state index in [-0.39, 0.29) is 5.92 Å². The van der Waals surface area contributed by atoms with Crippen molar-refractivity contribution >= 4 is 56.7 Å². The summed E-state index contributed by atoms with van der Waals surface area (Å²) >= 11 is 0. The van der Waals surface area contributed by atoms with Crippen LogP contribution in [-0.4, -0.2) is 18.4 Å². The van der Waals surface area contributed by atoms with Gasteiger partial charge in [0.1, 0.15) is 22.7 Å². The maximum atomic E-state index is 6.92. The second-order valence-electron chi connectivity index (χ2n) is 15.8. The maximum Gasteiger partial charge on any atom is 0.160 e. The van der Waals surface area contributed by atoms with E-state index < -0.39 is 0 Å². The molecule has 7 aromatic carbocycles. The predicted molar refractivity (Wildman–Crippen MR) is 253 cm³/mol. The summed E-state index contributed by atoms with van der Waals surface area (Å²) in [6.45, 7) is 4.38. The molecule has 0 N–H and O–H groups in total. The van der Waals surface area contributed by atoms with Crippen molar-refractivity contribution in [1.29, 1.82) is 0 Å². The summed E-state index contributed by atoms with van der Waals surface area (Å²) in [5, 5.41) is 4.25. The van der Waals surface area contributed by atoms with Gasteiger partial charge in [0.05, 0.1) is 6.54 Å². The lowest BCUT2D eigenvalue weighted by Crippen LogP contribution is -2.07. The molecule has 1 unspecified atom stereocenters. The number of para-hydroxylation sites is 1. The number of benzene rings is 7.